The summed E-state index contributed by atoms with van der Waals surface area (Å²) in [7, 11) is -1.65. The number of rotatable bonds is 6. The molecule has 0 spiro atoms. The zero-order chi connectivity index (χ0) is 20.9. The van der Waals surface area contributed by atoms with Gasteiger partial charge in [0.1, 0.15) is 0 Å². The highest BCUT2D eigenvalue weighted by molar-refractivity contribution is 14.0. The first kappa shape index (κ1) is 25.0. The Morgan fingerprint density at radius 2 is 1.73 bits per heavy atom. The fourth-order valence-electron chi connectivity index (χ4n) is 3.34. The number of hydrogen-bond donors (Lipinski definition) is 2. The molecule has 0 unspecified atom stereocenters. The molecule has 0 bridgehead atoms. The highest BCUT2D eigenvalue weighted by Crippen LogP contribution is 2.21. The van der Waals surface area contributed by atoms with Gasteiger partial charge in [0.15, 0.2) is 5.96 Å². The fraction of sp³-hybridized carbons (Fsp3) is 0.500. The molecule has 1 aliphatic heterocycles. The lowest BCUT2D eigenvalue weighted by molar-refractivity contribution is 0.346. The second kappa shape index (κ2) is 11.4. The molecule has 0 saturated carbocycles. The van der Waals surface area contributed by atoms with E-state index in [-0.39, 0.29) is 24.0 Å². The van der Waals surface area contributed by atoms with E-state index in [0.29, 0.717) is 37.0 Å². The molecule has 166 valence electrons. The van der Waals surface area contributed by atoms with Crippen LogP contribution in [0.25, 0.3) is 0 Å². The molecule has 7 nitrogen and oxygen atoms in total. The molecule has 1 fully saturated rings. The number of aliphatic imine (C=N–C) groups is 1. The molecule has 0 atom stereocenters. The number of aromatic nitrogens is 1. The van der Waals surface area contributed by atoms with Crippen molar-refractivity contribution in [2.45, 2.75) is 51.1 Å². The number of benzene rings is 1. The molecule has 2 N–H and O–H groups in total. The van der Waals surface area contributed by atoms with Gasteiger partial charge in [0.25, 0.3) is 0 Å². The molecular formula is C20H30IN5O2S2. The van der Waals surface area contributed by atoms with Gasteiger partial charge in [0.2, 0.25) is 10.0 Å². The van der Waals surface area contributed by atoms with E-state index in [9.17, 15) is 8.42 Å². The van der Waals surface area contributed by atoms with Gasteiger partial charge in [0, 0.05) is 31.6 Å². The molecule has 1 aliphatic rings. The molecule has 0 radical (unpaired) electrons. The Hall–Kier alpha value is -1.24. The van der Waals surface area contributed by atoms with E-state index in [1.165, 1.54) is 4.88 Å². The van der Waals surface area contributed by atoms with Gasteiger partial charge in [-0.3, -0.25) is 4.99 Å². The third-order valence-corrected chi connectivity index (χ3v) is 7.96. The highest BCUT2D eigenvalue weighted by atomic mass is 127. The second-order valence-corrected chi connectivity index (χ2v) is 10.4. The summed E-state index contributed by atoms with van der Waals surface area (Å²) in [4.78, 5) is 10.2. The van der Waals surface area contributed by atoms with E-state index >= 15 is 0 Å². The minimum absolute atomic E-state index is 0. The van der Waals surface area contributed by atoms with Gasteiger partial charge in [0.05, 0.1) is 22.1 Å². The summed E-state index contributed by atoms with van der Waals surface area (Å²) >= 11 is 1.68. The zero-order valence-corrected chi connectivity index (χ0v) is 21.6. The van der Waals surface area contributed by atoms with Crippen LogP contribution in [0.1, 0.15) is 40.4 Å². The van der Waals surface area contributed by atoms with Crippen molar-refractivity contribution >= 4 is 51.3 Å². The van der Waals surface area contributed by atoms with Crippen molar-refractivity contribution in [2.24, 2.45) is 4.99 Å². The van der Waals surface area contributed by atoms with Crippen molar-refractivity contribution in [1.82, 2.24) is 19.9 Å². The maximum absolute atomic E-state index is 12.7. The van der Waals surface area contributed by atoms with Crippen LogP contribution >= 0.6 is 35.3 Å². The highest BCUT2D eigenvalue weighted by Gasteiger charge is 2.25. The molecule has 0 aliphatic carbocycles. The lowest BCUT2D eigenvalue weighted by atomic mass is 10.2. The molecule has 2 aromatic rings. The number of halogens is 1. The smallest absolute Gasteiger partial charge is 0.243 e. The fourth-order valence-corrected chi connectivity index (χ4v) is 5.74. The van der Waals surface area contributed by atoms with Gasteiger partial charge in [-0.2, -0.15) is 4.31 Å². The lowest BCUT2D eigenvalue weighted by Gasteiger charge is -2.25. The SMILES string of the molecule is CN=C(NCc1ccc(S(=O)(=O)N2CCCCC2)cc1)NCc1sc(C)nc1C.I. The molecule has 3 rings (SSSR count). The zero-order valence-electron chi connectivity index (χ0n) is 17.6. The van der Waals surface area contributed by atoms with Gasteiger partial charge in [-0.05, 0) is 44.4 Å². The Kier molecular flexibility index (Phi) is 9.51. The second-order valence-electron chi connectivity index (χ2n) is 7.13. The van der Waals surface area contributed by atoms with Gasteiger partial charge < -0.3 is 10.6 Å². The Balaban J connectivity index is 0.00000320. The van der Waals surface area contributed by atoms with Crippen LogP contribution in [-0.2, 0) is 23.1 Å². The van der Waals surface area contributed by atoms with Gasteiger partial charge in [-0.1, -0.05) is 18.6 Å². The van der Waals surface area contributed by atoms with E-state index in [0.717, 1.165) is 35.5 Å². The third-order valence-electron chi connectivity index (χ3n) is 4.98. The summed E-state index contributed by atoms with van der Waals surface area (Å²) in [6.07, 6.45) is 2.98. The Labute approximate surface area is 200 Å². The largest absolute Gasteiger partial charge is 0.352 e. The predicted molar refractivity (Wildman–Crippen MR) is 133 cm³/mol. The van der Waals surface area contributed by atoms with Crippen molar-refractivity contribution < 1.29 is 8.42 Å². The Morgan fingerprint density at radius 3 is 2.30 bits per heavy atom. The van der Waals surface area contributed by atoms with Crippen LogP contribution < -0.4 is 10.6 Å². The quantitative estimate of drug-likeness (QED) is 0.320. The average molecular weight is 564 g/mol. The number of nitrogens with zero attached hydrogens (tertiary/aromatic N) is 3. The number of hydrogen-bond acceptors (Lipinski definition) is 5. The molecule has 0 amide bonds. The van der Waals surface area contributed by atoms with Crippen molar-refractivity contribution in [1.29, 1.82) is 0 Å². The minimum atomic E-state index is -3.38. The van der Waals surface area contributed by atoms with Crippen molar-refractivity contribution in [3.63, 3.8) is 0 Å². The number of nitrogens with one attached hydrogen (secondary N) is 2. The lowest BCUT2D eigenvalue weighted by Crippen LogP contribution is -2.36. The van der Waals surface area contributed by atoms with Gasteiger partial charge in [-0.25, -0.2) is 13.4 Å². The summed E-state index contributed by atoms with van der Waals surface area (Å²) in [5, 5.41) is 7.62. The van der Waals surface area contributed by atoms with E-state index in [1.807, 2.05) is 26.0 Å². The summed E-state index contributed by atoms with van der Waals surface area (Å²) in [6, 6.07) is 7.10. The number of aryl methyl sites for hydroxylation is 2. The first-order chi connectivity index (χ1) is 13.9. The molecule has 1 aromatic heterocycles. The standard InChI is InChI=1S/C20H29N5O2S2.HI/c1-15-19(28-16(2)24-15)14-23-20(21-3)22-13-17-7-9-18(10-8-17)29(26,27)25-11-5-4-6-12-25;/h7-10H,4-6,11-14H2,1-3H3,(H2,21,22,23);1H. The molecule has 1 aromatic carbocycles. The van der Waals surface area contributed by atoms with Crippen molar-refractivity contribution in [2.75, 3.05) is 20.1 Å². The van der Waals surface area contributed by atoms with Crippen LogP contribution in [0.4, 0.5) is 0 Å². The summed E-state index contributed by atoms with van der Waals surface area (Å²) in [6.45, 7) is 6.48. The summed E-state index contributed by atoms with van der Waals surface area (Å²) in [5.74, 6) is 0.695. The maximum atomic E-state index is 12.7. The number of sulfonamides is 1. The van der Waals surface area contributed by atoms with E-state index < -0.39 is 10.0 Å². The molecule has 2 heterocycles. The van der Waals surface area contributed by atoms with E-state index in [2.05, 4.69) is 20.6 Å². The third kappa shape index (κ3) is 6.38. The van der Waals surface area contributed by atoms with Gasteiger partial charge >= 0.3 is 0 Å². The topological polar surface area (TPSA) is 86.7 Å². The Bertz CT molecular complexity index is 952. The summed E-state index contributed by atoms with van der Waals surface area (Å²) < 4.78 is 27.1. The molecule has 1 saturated heterocycles. The molecule has 30 heavy (non-hydrogen) atoms. The van der Waals surface area contributed by atoms with Crippen LogP contribution in [0.3, 0.4) is 0 Å². The monoisotopic (exact) mass is 563 g/mol. The normalized spacial score (nSPS) is 15.5. The maximum Gasteiger partial charge on any atom is 0.243 e. The van der Waals surface area contributed by atoms with E-state index in [4.69, 9.17) is 0 Å². The number of piperidine rings is 1. The Morgan fingerprint density at radius 1 is 1.10 bits per heavy atom. The van der Waals surface area contributed by atoms with Crippen LogP contribution in [0.5, 0.6) is 0 Å². The molecular weight excluding hydrogens is 533 g/mol. The van der Waals surface area contributed by atoms with Crippen LogP contribution in [0.2, 0.25) is 0 Å². The van der Waals surface area contributed by atoms with Gasteiger partial charge in [-0.15, -0.1) is 35.3 Å². The average Bonchev–Trinajstić information content (AvgIpc) is 3.06. The van der Waals surface area contributed by atoms with E-state index in [1.54, 1.807) is 34.8 Å². The predicted octanol–water partition coefficient (Wildman–Crippen LogP) is 3.42. The number of guanidine groups is 1. The first-order valence-electron chi connectivity index (χ1n) is 9.86. The van der Waals surface area contributed by atoms with Crippen molar-refractivity contribution in [3.8, 4) is 0 Å². The van der Waals surface area contributed by atoms with Crippen molar-refractivity contribution in [3.05, 3.63) is 45.4 Å². The van der Waals surface area contributed by atoms with Crippen LogP contribution in [0, 0.1) is 13.8 Å². The minimum Gasteiger partial charge on any atom is -0.352 e. The van der Waals surface area contributed by atoms with Crippen LogP contribution in [0.15, 0.2) is 34.2 Å². The van der Waals surface area contributed by atoms with Crippen LogP contribution in [-0.4, -0.2) is 43.8 Å². The first-order valence-corrected chi connectivity index (χ1v) is 12.1. The number of thiazole rings is 1. The molecule has 10 heteroatoms. The summed E-state index contributed by atoms with van der Waals surface area (Å²) in [5.41, 5.74) is 2.04.